The van der Waals surface area contributed by atoms with Crippen molar-refractivity contribution in [3.63, 3.8) is 0 Å². The largest absolute Gasteiger partial charge is 0.372 e. The van der Waals surface area contributed by atoms with Gasteiger partial charge in [0.2, 0.25) is 0 Å². The van der Waals surface area contributed by atoms with Gasteiger partial charge in [-0.05, 0) is 87.5 Å². The van der Waals surface area contributed by atoms with Gasteiger partial charge in [-0.1, -0.05) is 19.1 Å². The van der Waals surface area contributed by atoms with Crippen LogP contribution in [0.25, 0.3) is 0 Å². The lowest BCUT2D eigenvalue weighted by Crippen LogP contribution is -2.21. The highest BCUT2D eigenvalue weighted by molar-refractivity contribution is 5.52. The number of pyridine rings is 1. The average molecular weight is 493 g/mol. The van der Waals surface area contributed by atoms with Crippen LogP contribution < -0.4 is 4.90 Å². The van der Waals surface area contributed by atoms with E-state index in [0.717, 1.165) is 47.2 Å². The summed E-state index contributed by atoms with van der Waals surface area (Å²) in [4.78, 5) is 6.46. The topological polar surface area (TPSA) is 90.3 Å². The van der Waals surface area contributed by atoms with E-state index in [-0.39, 0.29) is 12.0 Å². The summed E-state index contributed by atoms with van der Waals surface area (Å²) in [5.41, 5.74) is 6.05. The minimum atomic E-state index is -0.0541. The van der Waals surface area contributed by atoms with E-state index in [2.05, 4.69) is 79.5 Å². The summed E-state index contributed by atoms with van der Waals surface area (Å²) in [6.45, 7) is 10.3. The Labute approximate surface area is 218 Å². The van der Waals surface area contributed by atoms with Gasteiger partial charge < -0.3 is 4.90 Å². The van der Waals surface area contributed by atoms with Gasteiger partial charge in [0.25, 0.3) is 0 Å². The van der Waals surface area contributed by atoms with Crippen molar-refractivity contribution in [1.29, 1.82) is 0 Å². The molecule has 0 radical (unpaired) electrons. The molecule has 1 aliphatic carbocycles. The first-order valence-electron chi connectivity index (χ1n) is 12.6. The van der Waals surface area contributed by atoms with Crippen LogP contribution in [0, 0.1) is 12.8 Å². The molecule has 4 rings (SSSR count). The Kier molecular flexibility index (Phi) is 8.75. The number of hydrogen-bond donors (Lipinski definition) is 0. The van der Waals surface area contributed by atoms with Crippen molar-refractivity contribution < 1.29 is 0 Å². The molecule has 8 nitrogen and oxygen atoms in total. The maximum atomic E-state index is 4.52. The van der Waals surface area contributed by atoms with Crippen LogP contribution in [0.4, 0.5) is 28.4 Å². The number of rotatable bonds is 9. The van der Waals surface area contributed by atoms with Crippen molar-refractivity contribution in [2.45, 2.75) is 33.7 Å². The fraction of sp³-hybridized carbons (Fsp3) is 0.276. The first-order valence-corrected chi connectivity index (χ1v) is 12.6. The van der Waals surface area contributed by atoms with Crippen molar-refractivity contribution in [1.82, 2.24) is 4.98 Å². The van der Waals surface area contributed by atoms with Gasteiger partial charge in [0.05, 0.1) is 34.5 Å². The van der Waals surface area contributed by atoms with Crippen LogP contribution in [0.3, 0.4) is 0 Å². The zero-order valence-electron chi connectivity index (χ0n) is 21.7. The molecule has 0 amide bonds. The second kappa shape index (κ2) is 12.6. The molecular weight excluding hydrogens is 460 g/mol. The predicted molar refractivity (Wildman–Crippen MR) is 149 cm³/mol. The molecule has 0 saturated carbocycles. The van der Waals surface area contributed by atoms with E-state index in [9.17, 15) is 0 Å². The van der Waals surface area contributed by atoms with Crippen molar-refractivity contribution in [2.24, 2.45) is 36.6 Å². The number of aryl methyl sites for hydroxylation is 1. The van der Waals surface area contributed by atoms with E-state index in [1.807, 2.05) is 67.6 Å². The molecule has 3 aromatic rings. The van der Waals surface area contributed by atoms with Crippen LogP contribution in [-0.4, -0.2) is 24.1 Å². The third kappa shape index (κ3) is 7.33. The van der Waals surface area contributed by atoms with Crippen molar-refractivity contribution >= 4 is 28.4 Å². The molecule has 37 heavy (non-hydrogen) atoms. The summed E-state index contributed by atoms with van der Waals surface area (Å²) in [7, 11) is 0. The Hall–Kier alpha value is -4.33. The molecule has 0 fully saturated rings. The van der Waals surface area contributed by atoms with Gasteiger partial charge in [-0.15, -0.1) is 0 Å². The number of azo groups is 3. The summed E-state index contributed by atoms with van der Waals surface area (Å²) in [5, 5.41) is 26.3. The molecule has 0 spiro atoms. The minimum Gasteiger partial charge on any atom is -0.372 e. The van der Waals surface area contributed by atoms with Crippen LogP contribution in [0.2, 0.25) is 0 Å². The highest BCUT2D eigenvalue weighted by Gasteiger charge is 2.16. The molecule has 1 aliphatic rings. The fourth-order valence-electron chi connectivity index (χ4n) is 3.87. The number of benzene rings is 2. The Morgan fingerprint density at radius 1 is 0.757 bits per heavy atom. The number of anilines is 1. The lowest BCUT2D eigenvalue weighted by molar-refractivity contribution is 0.598. The predicted octanol–water partition coefficient (Wildman–Crippen LogP) is 8.98. The lowest BCUT2D eigenvalue weighted by atomic mass is 9.97. The molecule has 188 valence electrons. The molecule has 8 heteroatoms. The van der Waals surface area contributed by atoms with Crippen molar-refractivity contribution in [2.75, 3.05) is 18.0 Å². The van der Waals surface area contributed by atoms with E-state index in [1.54, 1.807) is 6.20 Å². The Morgan fingerprint density at radius 3 is 1.97 bits per heavy atom. The second-order valence-electron chi connectivity index (χ2n) is 8.78. The molecule has 2 unspecified atom stereocenters. The number of allylic oxidation sites excluding steroid dienone is 1. The highest BCUT2D eigenvalue weighted by Crippen LogP contribution is 2.26. The highest BCUT2D eigenvalue weighted by atomic mass is 15.1. The molecule has 0 N–H and O–H groups in total. The second-order valence-corrected chi connectivity index (χ2v) is 8.78. The quantitative estimate of drug-likeness (QED) is 0.279. The Bertz CT molecular complexity index is 1320. The van der Waals surface area contributed by atoms with Crippen LogP contribution in [0.15, 0.2) is 121 Å². The fourth-order valence-corrected chi connectivity index (χ4v) is 3.87. The van der Waals surface area contributed by atoms with Crippen LogP contribution in [0.5, 0.6) is 0 Å². The maximum Gasteiger partial charge on any atom is 0.0957 e. The summed E-state index contributed by atoms with van der Waals surface area (Å²) in [6, 6.07) is 19.3. The average Bonchev–Trinajstić information content (AvgIpc) is 2.92. The van der Waals surface area contributed by atoms with Crippen LogP contribution >= 0.6 is 0 Å². The SMILES string of the molecule is CCN(CC)c1ccc(N=NC2=CC(C)C(N=Nc3ccc(N=Nc4ccnc(C)c4)cc3)C=C2)cc1. The smallest absolute Gasteiger partial charge is 0.0957 e. The van der Waals surface area contributed by atoms with E-state index < -0.39 is 0 Å². The van der Waals surface area contributed by atoms with Gasteiger partial charge >= 0.3 is 0 Å². The van der Waals surface area contributed by atoms with Gasteiger partial charge in [0.1, 0.15) is 0 Å². The minimum absolute atomic E-state index is 0.0541. The summed E-state index contributed by atoms with van der Waals surface area (Å²) < 4.78 is 0. The third-order valence-electron chi connectivity index (χ3n) is 6.01. The van der Waals surface area contributed by atoms with Gasteiger partial charge in [0.15, 0.2) is 0 Å². The van der Waals surface area contributed by atoms with Crippen molar-refractivity contribution in [3.05, 3.63) is 96.5 Å². The Balaban J connectivity index is 1.32. The molecule has 2 atom stereocenters. The normalized spacial score (nSPS) is 17.7. The number of hydrogen-bond acceptors (Lipinski definition) is 8. The molecule has 1 aromatic heterocycles. The molecule has 0 saturated heterocycles. The van der Waals surface area contributed by atoms with E-state index in [4.69, 9.17) is 0 Å². The van der Waals surface area contributed by atoms with Gasteiger partial charge in [-0.25, -0.2) is 0 Å². The standard InChI is InChI=1S/C29H32N8/c1-5-37(6-2)28-14-11-25(12-15-28)32-34-26-13-16-29(21(3)19-26)36-33-24-9-7-23(8-10-24)31-35-27-17-18-30-22(4)20-27/h7-21,29H,5-6H2,1-4H3. The molecule has 1 heterocycles. The Morgan fingerprint density at radius 2 is 1.35 bits per heavy atom. The van der Waals surface area contributed by atoms with Crippen molar-refractivity contribution in [3.8, 4) is 0 Å². The summed E-state index contributed by atoms with van der Waals surface area (Å²) in [6.07, 6.45) is 7.76. The third-order valence-corrected chi connectivity index (χ3v) is 6.01. The number of aromatic nitrogens is 1. The molecule has 2 aromatic carbocycles. The monoisotopic (exact) mass is 492 g/mol. The maximum absolute atomic E-state index is 4.52. The zero-order chi connectivity index (χ0) is 26.0. The lowest BCUT2D eigenvalue weighted by Gasteiger charge is -2.20. The van der Waals surface area contributed by atoms with E-state index in [1.165, 1.54) is 5.69 Å². The van der Waals surface area contributed by atoms with Crippen LogP contribution in [-0.2, 0) is 0 Å². The zero-order valence-corrected chi connectivity index (χ0v) is 21.7. The summed E-state index contributed by atoms with van der Waals surface area (Å²) in [5.74, 6) is 0.157. The first kappa shape index (κ1) is 25.8. The van der Waals surface area contributed by atoms with E-state index in [0.29, 0.717) is 0 Å². The van der Waals surface area contributed by atoms with E-state index >= 15 is 0 Å². The number of nitrogens with zero attached hydrogens (tertiary/aromatic N) is 8. The van der Waals surface area contributed by atoms with Gasteiger partial charge in [-0.3, -0.25) is 4.98 Å². The molecule has 0 aliphatic heterocycles. The van der Waals surface area contributed by atoms with Gasteiger partial charge in [-0.2, -0.15) is 30.7 Å². The molecule has 0 bridgehead atoms. The van der Waals surface area contributed by atoms with Crippen LogP contribution in [0.1, 0.15) is 26.5 Å². The van der Waals surface area contributed by atoms with Gasteiger partial charge in [0, 0.05) is 36.6 Å². The molecular formula is C29H32N8. The summed E-state index contributed by atoms with van der Waals surface area (Å²) >= 11 is 0. The first-order chi connectivity index (χ1) is 18.0.